The number of esters is 1. The Morgan fingerprint density at radius 3 is 2.87 bits per heavy atom. The molecule has 0 atom stereocenters. The molecule has 0 spiro atoms. The average molecular weight is 210 g/mol. The maximum Gasteiger partial charge on any atom is 0.337 e. The molecule has 0 aliphatic heterocycles. The molecule has 0 aromatic carbocycles. The third-order valence-electron chi connectivity index (χ3n) is 2.31. The van der Waals surface area contributed by atoms with Crippen LogP contribution in [0.25, 0.3) is 0 Å². The van der Waals surface area contributed by atoms with E-state index in [9.17, 15) is 4.79 Å². The zero-order chi connectivity index (χ0) is 11.1. The van der Waals surface area contributed by atoms with Gasteiger partial charge in [-0.15, -0.1) is 0 Å². The third-order valence-corrected chi connectivity index (χ3v) is 2.31. The lowest BCUT2D eigenvalue weighted by molar-refractivity contribution is -0.139. The molecular formula is C12H18O3. The van der Waals surface area contributed by atoms with Gasteiger partial charge in [0.15, 0.2) is 0 Å². The second-order valence-corrected chi connectivity index (χ2v) is 3.43. The molecule has 3 heteroatoms. The fourth-order valence-electron chi connectivity index (χ4n) is 1.63. The van der Waals surface area contributed by atoms with E-state index in [0.717, 1.165) is 31.4 Å². The topological polar surface area (TPSA) is 35.5 Å². The highest BCUT2D eigenvalue weighted by atomic mass is 16.5. The zero-order valence-electron chi connectivity index (χ0n) is 9.25. The Balaban J connectivity index is 2.70. The maximum atomic E-state index is 11.6. The summed E-state index contributed by atoms with van der Waals surface area (Å²) in [5.41, 5.74) is 0.713. The van der Waals surface area contributed by atoms with E-state index in [-0.39, 0.29) is 5.97 Å². The summed E-state index contributed by atoms with van der Waals surface area (Å²) in [7, 11) is 0. The van der Waals surface area contributed by atoms with Gasteiger partial charge < -0.3 is 9.47 Å². The van der Waals surface area contributed by atoms with Crippen LogP contribution in [0, 0.1) is 0 Å². The molecule has 0 fully saturated rings. The molecule has 0 saturated carbocycles. The molecule has 0 bridgehead atoms. The quantitative estimate of drug-likeness (QED) is 0.517. The molecule has 0 saturated heterocycles. The van der Waals surface area contributed by atoms with Gasteiger partial charge in [-0.1, -0.05) is 12.7 Å². The van der Waals surface area contributed by atoms with E-state index in [1.54, 1.807) is 6.08 Å². The van der Waals surface area contributed by atoms with Gasteiger partial charge in [0.05, 0.1) is 12.2 Å². The van der Waals surface area contributed by atoms with Crippen LogP contribution >= 0.6 is 0 Å². The number of hydrogen-bond donors (Lipinski definition) is 0. The summed E-state index contributed by atoms with van der Waals surface area (Å²) in [5.74, 6) is 0.566. The third kappa shape index (κ3) is 3.42. The van der Waals surface area contributed by atoms with Crippen LogP contribution in [-0.4, -0.2) is 19.2 Å². The van der Waals surface area contributed by atoms with Gasteiger partial charge in [0.2, 0.25) is 0 Å². The summed E-state index contributed by atoms with van der Waals surface area (Å²) in [5, 5.41) is 0. The molecule has 0 aromatic rings. The Bertz CT molecular complexity index is 266. The lowest BCUT2D eigenvalue weighted by atomic mass is 9.98. The second-order valence-electron chi connectivity index (χ2n) is 3.43. The Hall–Kier alpha value is -1.25. The minimum absolute atomic E-state index is 0.226. The average Bonchev–Trinajstić information content (AvgIpc) is 2.27. The Morgan fingerprint density at radius 1 is 1.47 bits per heavy atom. The van der Waals surface area contributed by atoms with Crippen molar-refractivity contribution in [3.63, 3.8) is 0 Å². The fourth-order valence-corrected chi connectivity index (χ4v) is 1.63. The van der Waals surface area contributed by atoms with E-state index in [0.29, 0.717) is 18.8 Å². The highest BCUT2D eigenvalue weighted by Gasteiger charge is 2.21. The van der Waals surface area contributed by atoms with E-state index in [1.807, 2.05) is 6.92 Å². The van der Waals surface area contributed by atoms with Gasteiger partial charge >= 0.3 is 5.97 Å². The molecule has 1 aliphatic rings. The Morgan fingerprint density at radius 2 is 2.20 bits per heavy atom. The molecule has 0 unspecified atom stereocenters. The van der Waals surface area contributed by atoms with Crippen LogP contribution in [0.15, 0.2) is 24.0 Å². The van der Waals surface area contributed by atoms with Crippen molar-refractivity contribution in [2.75, 3.05) is 13.2 Å². The number of hydrogen-bond acceptors (Lipinski definition) is 3. The summed E-state index contributed by atoms with van der Waals surface area (Å²) in [4.78, 5) is 11.6. The van der Waals surface area contributed by atoms with Gasteiger partial charge in [0.25, 0.3) is 0 Å². The van der Waals surface area contributed by atoms with Crippen molar-refractivity contribution in [1.82, 2.24) is 0 Å². The van der Waals surface area contributed by atoms with Crippen molar-refractivity contribution in [3.05, 3.63) is 24.0 Å². The van der Waals surface area contributed by atoms with E-state index in [2.05, 4.69) is 6.58 Å². The first-order chi connectivity index (χ1) is 7.29. The molecule has 84 valence electrons. The molecule has 0 radical (unpaired) electrons. The van der Waals surface area contributed by atoms with E-state index < -0.39 is 0 Å². The van der Waals surface area contributed by atoms with Gasteiger partial charge in [-0.3, -0.25) is 0 Å². The molecule has 3 nitrogen and oxygen atoms in total. The van der Waals surface area contributed by atoms with Crippen LogP contribution < -0.4 is 0 Å². The second kappa shape index (κ2) is 6.27. The lowest BCUT2D eigenvalue weighted by Crippen LogP contribution is -2.14. The van der Waals surface area contributed by atoms with Crippen molar-refractivity contribution in [2.45, 2.75) is 32.6 Å². The molecule has 0 heterocycles. The molecule has 0 aromatic heterocycles. The van der Waals surface area contributed by atoms with Gasteiger partial charge in [0, 0.05) is 6.42 Å². The first-order valence-corrected chi connectivity index (χ1v) is 5.42. The number of carbonyl (C=O) groups is 1. The minimum Gasteiger partial charge on any atom is -0.493 e. The van der Waals surface area contributed by atoms with Crippen molar-refractivity contribution < 1.29 is 14.3 Å². The van der Waals surface area contributed by atoms with Gasteiger partial charge in [-0.25, -0.2) is 4.79 Å². The minimum atomic E-state index is -0.226. The van der Waals surface area contributed by atoms with E-state index >= 15 is 0 Å². The number of allylic oxidation sites excluding steroid dienone is 1. The van der Waals surface area contributed by atoms with E-state index in [1.165, 1.54) is 0 Å². The van der Waals surface area contributed by atoms with Gasteiger partial charge in [-0.05, 0) is 26.2 Å². The Labute approximate surface area is 90.8 Å². The summed E-state index contributed by atoms with van der Waals surface area (Å²) in [6.45, 7) is 6.27. The standard InChI is InChI=1S/C12H18O3/c1-3-9-15-11-8-6-5-7-10(11)12(13)14-4-2/h3H,1,4-9H2,2H3. The summed E-state index contributed by atoms with van der Waals surface area (Å²) in [6.07, 6.45) is 5.40. The molecule has 1 rings (SSSR count). The monoisotopic (exact) mass is 210 g/mol. The molecule has 0 N–H and O–H groups in total. The van der Waals surface area contributed by atoms with Crippen LogP contribution in [0.1, 0.15) is 32.6 Å². The zero-order valence-corrected chi connectivity index (χ0v) is 9.25. The SMILES string of the molecule is C=CCOC1=C(C(=O)OCC)CCCC1. The maximum absolute atomic E-state index is 11.6. The number of carbonyl (C=O) groups excluding carboxylic acids is 1. The van der Waals surface area contributed by atoms with Crippen LogP contribution in [-0.2, 0) is 14.3 Å². The number of rotatable bonds is 5. The van der Waals surface area contributed by atoms with Crippen molar-refractivity contribution in [2.24, 2.45) is 0 Å². The molecular weight excluding hydrogens is 192 g/mol. The Kier molecular flexibility index (Phi) is 4.95. The van der Waals surface area contributed by atoms with Crippen LogP contribution in [0.4, 0.5) is 0 Å². The van der Waals surface area contributed by atoms with Gasteiger partial charge in [-0.2, -0.15) is 0 Å². The lowest BCUT2D eigenvalue weighted by Gasteiger charge is -2.18. The number of ether oxygens (including phenoxy) is 2. The van der Waals surface area contributed by atoms with Crippen LogP contribution in [0.5, 0.6) is 0 Å². The first kappa shape index (κ1) is 11.8. The predicted molar refractivity (Wildman–Crippen MR) is 58.3 cm³/mol. The molecule has 1 aliphatic carbocycles. The van der Waals surface area contributed by atoms with Crippen molar-refractivity contribution in [1.29, 1.82) is 0 Å². The van der Waals surface area contributed by atoms with Crippen molar-refractivity contribution in [3.8, 4) is 0 Å². The molecule has 15 heavy (non-hydrogen) atoms. The summed E-state index contributed by atoms with van der Waals surface area (Å²) >= 11 is 0. The highest BCUT2D eigenvalue weighted by molar-refractivity contribution is 5.89. The predicted octanol–water partition coefficient (Wildman–Crippen LogP) is 2.58. The first-order valence-electron chi connectivity index (χ1n) is 5.42. The molecule has 0 amide bonds. The summed E-state index contributed by atoms with van der Waals surface area (Å²) in [6, 6.07) is 0. The van der Waals surface area contributed by atoms with Crippen LogP contribution in [0.2, 0.25) is 0 Å². The van der Waals surface area contributed by atoms with Gasteiger partial charge in [0.1, 0.15) is 12.4 Å². The van der Waals surface area contributed by atoms with Crippen molar-refractivity contribution >= 4 is 5.97 Å². The largest absolute Gasteiger partial charge is 0.493 e. The smallest absolute Gasteiger partial charge is 0.337 e. The summed E-state index contributed by atoms with van der Waals surface area (Å²) < 4.78 is 10.5. The van der Waals surface area contributed by atoms with Crippen LogP contribution in [0.3, 0.4) is 0 Å². The fraction of sp³-hybridized carbons (Fsp3) is 0.583. The highest BCUT2D eigenvalue weighted by Crippen LogP contribution is 2.26. The van der Waals surface area contributed by atoms with E-state index in [4.69, 9.17) is 9.47 Å². The normalized spacial score (nSPS) is 16.1.